The highest BCUT2D eigenvalue weighted by molar-refractivity contribution is 7.22. The Labute approximate surface area is 153 Å². The number of anilines is 1. The van der Waals surface area contributed by atoms with Crippen molar-refractivity contribution < 1.29 is 4.79 Å². The zero-order chi connectivity index (χ0) is 17.4. The Morgan fingerprint density at radius 3 is 2.40 bits per heavy atom. The average Bonchev–Trinajstić information content (AvgIpc) is 2.97. The summed E-state index contributed by atoms with van der Waals surface area (Å²) in [7, 11) is 0. The van der Waals surface area contributed by atoms with E-state index >= 15 is 0 Å². The van der Waals surface area contributed by atoms with Crippen LogP contribution in [0.1, 0.15) is 15.9 Å². The summed E-state index contributed by atoms with van der Waals surface area (Å²) in [6.07, 6.45) is 0. The highest BCUT2D eigenvalue weighted by Gasteiger charge is 2.20. The number of carbonyl (C=O) groups excluding carboxylic acids is 1. The molecule has 0 atom stereocenters. The molecule has 0 saturated carbocycles. The molecule has 122 valence electrons. The minimum Gasteiger partial charge on any atom is -0.390 e. The van der Waals surface area contributed by atoms with Crippen LogP contribution in [0.3, 0.4) is 0 Å². The molecule has 0 radical (unpaired) electrons. The van der Waals surface area contributed by atoms with Crippen LogP contribution < -0.4 is 5.73 Å². The van der Waals surface area contributed by atoms with Gasteiger partial charge in [-0.1, -0.05) is 53.3 Å². The van der Waals surface area contributed by atoms with Gasteiger partial charge in [0.2, 0.25) is 0 Å². The second kappa shape index (κ2) is 6.31. The molecule has 4 aromatic rings. The SMILES string of the molecule is Nc1sc2nc(-c3ccccc3)ccc2c1C(=O)c1ccc(Cl)cc1. The number of nitrogen functional groups attached to an aromatic ring is 1. The number of hydrogen-bond donors (Lipinski definition) is 1. The highest BCUT2D eigenvalue weighted by atomic mass is 35.5. The molecule has 3 nitrogen and oxygen atoms in total. The fourth-order valence-corrected chi connectivity index (χ4v) is 3.81. The first-order valence-corrected chi connectivity index (χ1v) is 8.87. The Balaban J connectivity index is 1.81. The summed E-state index contributed by atoms with van der Waals surface area (Å²) in [6, 6.07) is 20.6. The maximum absolute atomic E-state index is 12.9. The van der Waals surface area contributed by atoms with Crippen molar-refractivity contribution in [1.29, 1.82) is 0 Å². The van der Waals surface area contributed by atoms with E-state index in [4.69, 9.17) is 17.3 Å². The van der Waals surface area contributed by atoms with Gasteiger partial charge in [0.15, 0.2) is 5.78 Å². The Morgan fingerprint density at radius 2 is 1.68 bits per heavy atom. The summed E-state index contributed by atoms with van der Waals surface area (Å²) in [5.74, 6) is -0.116. The zero-order valence-corrected chi connectivity index (χ0v) is 14.6. The number of hydrogen-bond acceptors (Lipinski definition) is 4. The van der Waals surface area contributed by atoms with Crippen LogP contribution in [0.15, 0.2) is 66.7 Å². The number of nitrogens with zero attached hydrogens (tertiary/aromatic N) is 1. The van der Waals surface area contributed by atoms with Crippen molar-refractivity contribution in [3.8, 4) is 11.3 Å². The molecule has 0 spiro atoms. The predicted molar refractivity (Wildman–Crippen MR) is 104 cm³/mol. The van der Waals surface area contributed by atoms with Gasteiger partial charge in [0, 0.05) is 21.5 Å². The van der Waals surface area contributed by atoms with Crippen LogP contribution in [0, 0.1) is 0 Å². The van der Waals surface area contributed by atoms with E-state index in [1.165, 1.54) is 11.3 Å². The zero-order valence-electron chi connectivity index (χ0n) is 13.1. The van der Waals surface area contributed by atoms with E-state index in [9.17, 15) is 4.79 Å². The summed E-state index contributed by atoms with van der Waals surface area (Å²) < 4.78 is 0. The third-order valence-electron chi connectivity index (χ3n) is 3.99. The third-order valence-corrected chi connectivity index (χ3v) is 5.17. The largest absolute Gasteiger partial charge is 0.390 e. The van der Waals surface area contributed by atoms with Gasteiger partial charge in [0.25, 0.3) is 0 Å². The number of halogens is 1. The lowest BCUT2D eigenvalue weighted by atomic mass is 10.0. The predicted octanol–water partition coefficient (Wildman–Crippen LogP) is 5.43. The molecular formula is C20H13ClN2OS. The van der Waals surface area contributed by atoms with E-state index in [2.05, 4.69) is 4.98 Å². The topological polar surface area (TPSA) is 56.0 Å². The lowest BCUT2D eigenvalue weighted by Crippen LogP contribution is -2.03. The van der Waals surface area contributed by atoms with E-state index in [1.807, 2.05) is 42.5 Å². The van der Waals surface area contributed by atoms with E-state index in [0.29, 0.717) is 21.2 Å². The molecule has 0 bridgehead atoms. The molecule has 0 aliphatic carbocycles. The molecule has 2 aromatic heterocycles. The fourth-order valence-electron chi connectivity index (χ4n) is 2.75. The minimum atomic E-state index is -0.116. The van der Waals surface area contributed by atoms with Crippen molar-refractivity contribution in [1.82, 2.24) is 4.98 Å². The molecule has 0 aliphatic rings. The van der Waals surface area contributed by atoms with Crippen LogP contribution in [0.5, 0.6) is 0 Å². The number of nitrogens with two attached hydrogens (primary N) is 1. The number of benzene rings is 2. The molecule has 5 heteroatoms. The van der Waals surface area contributed by atoms with Crippen LogP contribution in [-0.4, -0.2) is 10.8 Å². The number of pyridine rings is 1. The molecule has 25 heavy (non-hydrogen) atoms. The molecule has 0 amide bonds. The van der Waals surface area contributed by atoms with Crippen molar-refractivity contribution >= 4 is 43.9 Å². The molecule has 0 aliphatic heterocycles. The van der Waals surface area contributed by atoms with Crippen LogP contribution >= 0.6 is 22.9 Å². The number of thiophene rings is 1. The normalized spacial score (nSPS) is 10.9. The van der Waals surface area contributed by atoms with Gasteiger partial charge in [-0.25, -0.2) is 4.98 Å². The summed E-state index contributed by atoms with van der Waals surface area (Å²) >= 11 is 7.23. The van der Waals surface area contributed by atoms with Gasteiger partial charge in [0.05, 0.1) is 16.3 Å². The van der Waals surface area contributed by atoms with Crippen molar-refractivity contribution in [2.45, 2.75) is 0 Å². The van der Waals surface area contributed by atoms with Crippen LogP contribution in [0.25, 0.3) is 21.5 Å². The number of rotatable bonds is 3. The summed E-state index contributed by atoms with van der Waals surface area (Å²) in [4.78, 5) is 18.3. The Bertz CT molecular complexity index is 1070. The van der Waals surface area contributed by atoms with Gasteiger partial charge in [-0.3, -0.25) is 4.79 Å². The van der Waals surface area contributed by atoms with Crippen molar-refractivity contribution in [3.05, 3.63) is 82.9 Å². The summed E-state index contributed by atoms with van der Waals surface area (Å²) in [5.41, 5.74) is 9.10. The number of ketones is 1. The van der Waals surface area contributed by atoms with Gasteiger partial charge in [-0.15, -0.1) is 0 Å². The average molecular weight is 365 g/mol. The molecule has 4 rings (SSSR count). The van der Waals surface area contributed by atoms with Gasteiger partial charge in [-0.2, -0.15) is 0 Å². The van der Waals surface area contributed by atoms with E-state index < -0.39 is 0 Å². The maximum Gasteiger partial charge on any atom is 0.196 e. The second-order valence-electron chi connectivity index (χ2n) is 5.59. The van der Waals surface area contributed by atoms with Crippen molar-refractivity contribution in [3.63, 3.8) is 0 Å². The molecule has 0 unspecified atom stereocenters. The molecule has 2 heterocycles. The Morgan fingerprint density at radius 1 is 0.960 bits per heavy atom. The van der Waals surface area contributed by atoms with E-state index in [-0.39, 0.29) is 5.78 Å². The fraction of sp³-hybridized carbons (Fsp3) is 0. The van der Waals surface area contributed by atoms with Gasteiger partial charge < -0.3 is 5.73 Å². The number of carbonyl (C=O) groups is 1. The minimum absolute atomic E-state index is 0.116. The summed E-state index contributed by atoms with van der Waals surface area (Å²) in [6.45, 7) is 0. The molecular weight excluding hydrogens is 352 g/mol. The smallest absolute Gasteiger partial charge is 0.196 e. The summed E-state index contributed by atoms with van der Waals surface area (Å²) in [5, 5.41) is 1.85. The maximum atomic E-state index is 12.9. The van der Waals surface area contributed by atoms with E-state index in [0.717, 1.165) is 21.5 Å². The Hall–Kier alpha value is -2.69. The van der Waals surface area contributed by atoms with Crippen LogP contribution in [0.2, 0.25) is 5.02 Å². The van der Waals surface area contributed by atoms with E-state index in [1.54, 1.807) is 24.3 Å². The van der Waals surface area contributed by atoms with Gasteiger partial charge >= 0.3 is 0 Å². The molecule has 2 N–H and O–H groups in total. The lowest BCUT2D eigenvalue weighted by molar-refractivity contribution is 0.104. The molecule has 0 saturated heterocycles. The van der Waals surface area contributed by atoms with Crippen molar-refractivity contribution in [2.24, 2.45) is 0 Å². The molecule has 2 aromatic carbocycles. The third kappa shape index (κ3) is 2.90. The van der Waals surface area contributed by atoms with Crippen LogP contribution in [0.4, 0.5) is 5.00 Å². The van der Waals surface area contributed by atoms with Crippen LogP contribution in [-0.2, 0) is 0 Å². The first-order valence-electron chi connectivity index (χ1n) is 7.68. The number of aromatic nitrogens is 1. The quantitative estimate of drug-likeness (QED) is 0.493. The standard InChI is InChI=1S/C20H13ClN2OS/c21-14-8-6-13(7-9-14)18(24)17-15-10-11-16(12-4-2-1-3-5-12)23-20(15)25-19(17)22/h1-11H,22H2. The van der Waals surface area contributed by atoms with Crippen molar-refractivity contribution in [2.75, 3.05) is 5.73 Å². The Kier molecular flexibility index (Phi) is 3.99. The first kappa shape index (κ1) is 15.8. The monoisotopic (exact) mass is 364 g/mol. The number of fused-ring (bicyclic) bond motifs is 1. The second-order valence-corrected chi connectivity index (χ2v) is 7.06. The van der Waals surface area contributed by atoms with Gasteiger partial charge in [0.1, 0.15) is 4.83 Å². The highest BCUT2D eigenvalue weighted by Crippen LogP contribution is 2.35. The molecule has 0 fully saturated rings. The van der Waals surface area contributed by atoms with Gasteiger partial charge in [-0.05, 0) is 36.4 Å². The first-order chi connectivity index (χ1) is 12.1. The lowest BCUT2D eigenvalue weighted by Gasteiger charge is -2.03.